The Morgan fingerprint density at radius 2 is 1.90 bits per heavy atom. The van der Waals surface area contributed by atoms with Crippen molar-refractivity contribution in [1.29, 1.82) is 0 Å². The van der Waals surface area contributed by atoms with E-state index in [1.54, 1.807) is 42.9 Å². The average molecular weight is 401 g/mol. The van der Waals surface area contributed by atoms with Gasteiger partial charge in [0.1, 0.15) is 17.2 Å². The number of nitrogens with two attached hydrogens (primary N) is 1. The predicted molar refractivity (Wildman–Crippen MR) is 112 cm³/mol. The van der Waals surface area contributed by atoms with Gasteiger partial charge in [0.05, 0.1) is 16.8 Å². The summed E-state index contributed by atoms with van der Waals surface area (Å²) >= 11 is 0. The van der Waals surface area contributed by atoms with Crippen LogP contribution in [0.25, 0.3) is 22.4 Å². The van der Waals surface area contributed by atoms with Crippen molar-refractivity contribution in [1.82, 2.24) is 24.9 Å². The molecule has 9 heteroatoms. The number of nitrogens with zero attached hydrogens (tertiary/aromatic N) is 3. The number of rotatable bonds is 5. The number of hydrogen-bond acceptors (Lipinski definition) is 6. The van der Waals surface area contributed by atoms with Crippen molar-refractivity contribution >= 4 is 28.5 Å². The van der Waals surface area contributed by atoms with E-state index in [0.29, 0.717) is 28.6 Å². The third kappa shape index (κ3) is 3.39. The largest absolute Gasteiger partial charge is 0.453 e. The molecule has 0 radical (unpaired) electrons. The molecule has 4 heterocycles. The topological polar surface area (TPSA) is 118 Å². The fourth-order valence-electron chi connectivity index (χ4n) is 3.11. The molecule has 8 nitrogen and oxygen atoms in total. The first-order chi connectivity index (χ1) is 14.7. The highest BCUT2D eigenvalue weighted by atomic mass is 19.1. The van der Waals surface area contributed by atoms with Gasteiger partial charge in [0, 0.05) is 36.4 Å². The van der Waals surface area contributed by atoms with Gasteiger partial charge in [0.2, 0.25) is 5.95 Å². The smallest absolute Gasteiger partial charge is 0.222 e. The fourth-order valence-corrected chi connectivity index (χ4v) is 3.11. The number of fused-ring (bicyclic) bond motifs is 1. The number of pyridine rings is 1. The second-order valence-electron chi connectivity index (χ2n) is 6.50. The van der Waals surface area contributed by atoms with Crippen molar-refractivity contribution in [2.45, 2.75) is 0 Å². The van der Waals surface area contributed by atoms with Gasteiger partial charge in [-0.15, -0.1) is 0 Å². The number of nitrogen functional groups attached to an aromatic ring is 1. The van der Waals surface area contributed by atoms with E-state index in [1.165, 1.54) is 6.07 Å². The fraction of sp³-hybridized carbons (Fsp3) is 0. The Morgan fingerprint density at radius 3 is 2.73 bits per heavy atom. The van der Waals surface area contributed by atoms with Crippen LogP contribution in [-0.2, 0) is 0 Å². The van der Waals surface area contributed by atoms with E-state index < -0.39 is 5.82 Å². The number of aromatic nitrogens is 5. The summed E-state index contributed by atoms with van der Waals surface area (Å²) in [7, 11) is 0. The maximum Gasteiger partial charge on any atom is 0.222 e. The number of ether oxygens (including phenoxy) is 1. The van der Waals surface area contributed by atoms with E-state index in [1.807, 2.05) is 18.2 Å². The summed E-state index contributed by atoms with van der Waals surface area (Å²) in [5.41, 5.74) is 8.42. The lowest BCUT2D eigenvalue weighted by atomic mass is 10.2. The number of aromatic amines is 2. The van der Waals surface area contributed by atoms with E-state index >= 15 is 0 Å². The van der Waals surface area contributed by atoms with Gasteiger partial charge in [0.15, 0.2) is 11.6 Å². The van der Waals surface area contributed by atoms with Gasteiger partial charge in [0.25, 0.3) is 0 Å². The van der Waals surface area contributed by atoms with Crippen LogP contribution in [0.1, 0.15) is 0 Å². The Hall–Kier alpha value is -4.40. The van der Waals surface area contributed by atoms with Crippen LogP contribution in [0.2, 0.25) is 0 Å². The van der Waals surface area contributed by atoms with Gasteiger partial charge in [-0.3, -0.25) is 0 Å². The maximum atomic E-state index is 14.7. The molecule has 0 spiro atoms. The minimum absolute atomic E-state index is 0.100. The van der Waals surface area contributed by atoms with Crippen molar-refractivity contribution in [3.8, 4) is 22.9 Å². The molecule has 0 aliphatic heterocycles. The number of halogens is 1. The number of hydrogen-bond donors (Lipinski definition) is 4. The second kappa shape index (κ2) is 7.21. The first kappa shape index (κ1) is 17.7. The van der Waals surface area contributed by atoms with E-state index in [4.69, 9.17) is 10.5 Å². The number of benzene rings is 1. The standard InChI is InChI=1S/C21H16FN7O/c22-14-10-12(27-19-11-16(28-21(23)29-19)15-2-1-7-24-15)3-4-18(14)30-17-6-9-26-20-13(17)5-8-25-20/h1-11,24H,(H,25,26)(H3,23,27,28,29). The van der Waals surface area contributed by atoms with Crippen LogP contribution in [0.3, 0.4) is 0 Å². The first-order valence-corrected chi connectivity index (χ1v) is 9.10. The van der Waals surface area contributed by atoms with E-state index in [9.17, 15) is 4.39 Å². The summed E-state index contributed by atoms with van der Waals surface area (Å²) in [5, 5.41) is 3.82. The van der Waals surface area contributed by atoms with Crippen molar-refractivity contribution in [2.75, 3.05) is 11.1 Å². The molecule has 4 aromatic heterocycles. The van der Waals surface area contributed by atoms with Crippen molar-refractivity contribution in [3.63, 3.8) is 0 Å². The third-order valence-corrected chi connectivity index (χ3v) is 4.46. The summed E-state index contributed by atoms with van der Waals surface area (Å²) < 4.78 is 20.5. The van der Waals surface area contributed by atoms with Crippen LogP contribution in [-0.4, -0.2) is 24.9 Å². The molecule has 5 N–H and O–H groups in total. The average Bonchev–Trinajstić information content (AvgIpc) is 3.42. The lowest BCUT2D eigenvalue weighted by molar-refractivity contribution is 0.446. The Labute approximate surface area is 170 Å². The third-order valence-electron chi connectivity index (χ3n) is 4.46. The Balaban J connectivity index is 1.40. The van der Waals surface area contributed by atoms with Gasteiger partial charge < -0.3 is 25.8 Å². The molecule has 5 aromatic rings. The van der Waals surface area contributed by atoms with Crippen molar-refractivity contribution in [2.24, 2.45) is 0 Å². The lowest BCUT2D eigenvalue weighted by Crippen LogP contribution is -2.02. The molecule has 148 valence electrons. The molecular weight excluding hydrogens is 385 g/mol. The molecule has 0 saturated heterocycles. The highest BCUT2D eigenvalue weighted by Gasteiger charge is 2.11. The van der Waals surface area contributed by atoms with E-state index in [0.717, 1.165) is 11.1 Å². The van der Waals surface area contributed by atoms with Crippen LogP contribution < -0.4 is 15.8 Å². The molecule has 0 aliphatic carbocycles. The summed E-state index contributed by atoms with van der Waals surface area (Å²) in [5.74, 6) is 0.650. The monoisotopic (exact) mass is 401 g/mol. The van der Waals surface area contributed by atoms with Crippen LogP contribution in [0.4, 0.5) is 21.8 Å². The molecule has 0 saturated carbocycles. The maximum absolute atomic E-state index is 14.7. The van der Waals surface area contributed by atoms with Crippen LogP contribution in [0.5, 0.6) is 11.5 Å². The Kier molecular flexibility index (Phi) is 4.25. The zero-order valence-corrected chi connectivity index (χ0v) is 15.6. The van der Waals surface area contributed by atoms with Gasteiger partial charge in [-0.1, -0.05) is 0 Å². The van der Waals surface area contributed by atoms with Gasteiger partial charge in [-0.25, -0.2) is 14.4 Å². The summed E-state index contributed by atoms with van der Waals surface area (Å²) in [4.78, 5) is 18.6. The highest BCUT2D eigenvalue weighted by Crippen LogP contribution is 2.31. The molecule has 0 atom stereocenters. The van der Waals surface area contributed by atoms with Crippen molar-refractivity contribution < 1.29 is 9.13 Å². The SMILES string of the molecule is Nc1nc(Nc2ccc(Oc3ccnc4[nH]ccc34)c(F)c2)cc(-c2ccc[nH]2)n1. The minimum atomic E-state index is -0.521. The van der Waals surface area contributed by atoms with Gasteiger partial charge in [-0.2, -0.15) is 4.98 Å². The zero-order chi connectivity index (χ0) is 20.5. The molecular formula is C21H16FN7O. The first-order valence-electron chi connectivity index (χ1n) is 9.10. The number of nitrogens with one attached hydrogen (secondary N) is 3. The summed E-state index contributed by atoms with van der Waals surface area (Å²) in [6.07, 6.45) is 5.14. The lowest BCUT2D eigenvalue weighted by Gasteiger charge is -2.11. The molecule has 0 amide bonds. The molecule has 0 aliphatic rings. The quantitative estimate of drug-likeness (QED) is 0.342. The van der Waals surface area contributed by atoms with Crippen LogP contribution >= 0.6 is 0 Å². The minimum Gasteiger partial charge on any atom is -0.453 e. The van der Waals surface area contributed by atoms with Gasteiger partial charge in [-0.05, 0) is 36.4 Å². The van der Waals surface area contributed by atoms with Crippen LogP contribution in [0, 0.1) is 5.82 Å². The zero-order valence-electron chi connectivity index (χ0n) is 15.6. The van der Waals surface area contributed by atoms with E-state index in [-0.39, 0.29) is 11.7 Å². The molecule has 30 heavy (non-hydrogen) atoms. The molecule has 5 rings (SSSR count). The number of anilines is 3. The van der Waals surface area contributed by atoms with Crippen LogP contribution in [0.15, 0.2) is 67.1 Å². The molecule has 0 bridgehead atoms. The summed E-state index contributed by atoms with van der Waals surface area (Å²) in [6.45, 7) is 0. The normalized spacial score (nSPS) is 11.0. The molecule has 0 unspecified atom stereocenters. The van der Waals surface area contributed by atoms with Gasteiger partial charge >= 0.3 is 0 Å². The molecule has 1 aromatic carbocycles. The van der Waals surface area contributed by atoms with E-state index in [2.05, 4.69) is 30.2 Å². The Morgan fingerprint density at radius 1 is 0.967 bits per heavy atom. The molecule has 0 fully saturated rings. The summed E-state index contributed by atoms with van der Waals surface area (Å²) in [6, 6.07) is 13.5. The highest BCUT2D eigenvalue weighted by molar-refractivity contribution is 5.82. The second-order valence-corrected chi connectivity index (χ2v) is 6.50. The predicted octanol–water partition coefficient (Wildman–Crippen LogP) is 4.61. The van der Waals surface area contributed by atoms with Crippen molar-refractivity contribution in [3.05, 3.63) is 72.9 Å². The number of H-pyrrole nitrogens is 2. The Bertz CT molecular complexity index is 1330.